The van der Waals surface area contributed by atoms with Crippen molar-refractivity contribution in [3.63, 3.8) is 0 Å². The summed E-state index contributed by atoms with van der Waals surface area (Å²) in [5, 5.41) is 21.5. The third-order valence-electron chi connectivity index (χ3n) is 3.17. The molecule has 0 aliphatic heterocycles. The highest BCUT2D eigenvalue weighted by atomic mass is 127. The molecule has 1 fully saturated rings. The molecule has 0 heterocycles. The van der Waals surface area contributed by atoms with Crippen molar-refractivity contribution in [2.24, 2.45) is 5.41 Å². The fourth-order valence-electron chi connectivity index (χ4n) is 1.70. The lowest BCUT2D eigenvalue weighted by atomic mass is 10.1. The van der Waals surface area contributed by atoms with Crippen molar-refractivity contribution in [2.75, 3.05) is 6.54 Å². The zero-order chi connectivity index (χ0) is 14.2. The van der Waals surface area contributed by atoms with Crippen molar-refractivity contribution >= 4 is 57.1 Å². The van der Waals surface area contributed by atoms with Gasteiger partial charge in [-0.15, -0.1) is 0 Å². The third kappa shape index (κ3) is 3.12. The number of phenolic OH excluding ortho intramolecular Hbond substituents is 1. The summed E-state index contributed by atoms with van der Waals surface area (Å²) in [4.78, 5) is 23.0. The van der Waals surface area contributed by atoms with E-state index in [0.717, 1.165) is 3.57 Å². The molecule has 0 radical (unpaired) electrons. The first-order valence-electron chi connectivity index (χ1n) is 5.55. The topological polar surface area (TPSA) is 86.6 Å². The van der Waals surface area contributed by atoms with Gasteiger partial charge in [0.15, 0.2) is 0 Å². The van der Waals surface area contributed by atoms with E-state index < -0.39 is 17.3 Å². The zero-order valence-corrected chi connectivity index (χ0v) is 14.1. The number of carbonyl (C=O) groups excluding carboxylic acids is 1. The maximum atomic E-state index is 12.0. The minimum atomic E-state index is -0.880. The summed E-state index contributed by atoms with van der Waals surface area (Å²) in [6.07, 6.45) is 1.16. The number of amides is 1. The van der Waals surface area contributed by atoms with Gasteiger partial charge in [-0.2, -0.15) is 0 Å². The molecule has 1 aromatic carbocycles. The van der Waals surface area contributed by atoms with Gasteiger partial charge in [0.1, 0.15) is 5.75 Å². The monoisotopic (exact) mass is 487 g/mol. The lowest BCUT2D eigenvalue weighted by Crippen LogP contribution is -2.34. The maximum absolute atomic E-state index is 12.0. The predicted molar refractivity (Wildman–Crippen MR) is 85.2 cm³/mol. The van der Waals surface area contributed by atoms with Crippen LogP contribution >= 0.6 is 45.2 Å². The molecule has 1 saturated carbocycles. The Morgan fingerprint density at radius 1 is 1.32 bits per heavy atom. The van der Waals surface area contributed by atoms with E-state index in [0.29, 0.717) is 16.4 Å². The molecule has 19 heavy (non-hydrogen) atoms. The number of carbonyl (C=O) groups is 2. The predicted octanol–water partition coefficient (Wildman–Crippen LogP) is 2.20. The molecule has 3 N–H and O–H groups in total. The largest absolute Gasteiger partial charge is 0.506 e. The van der Waals surface area contributed by atoms with Crippen molar-refractivity contribution in [3.05, 3.63) is 24.8 Å². The minimum Gasteiger partial charge on any atom is -0.506 e. The van der Waals surface area contributed by atoms with E-state index in [1.807, 2.05) is 22.6 Å². The van der Waals surface area contributed by atoms with E-state index in [1.165, 1.54) is 0 Å². The molecule has 0 bridgehead atoms. The highest BCUT2D eigenvalue weighted by Gasteiger charge is 2.50. The second-order valence-electron chi connectivity index (χ2n) is 4.55. The van der Waals surface area contributed by atoms with Crippen LogP contribution in [0.15, 0.2) is 12.1 Å². The number of phenols is 1. The van der Waals surface area contributed by atoms with Gasteiger partial charge in [-0.3, -0.25) is 9.59 Å². The van der Waals surface area contributed by atoms with Crippen molar-refractivity contribution in [1.82, 2.24) is 5.32 Å². The molecule has 7 heteroatoms. The second kappa shape index (κ2) is 5.43. The molecule has 2 rings (SSSR count). The number of hydrogen-bond donors (Lipinski definition) is 3. The fourth-order valence-corrected chi connectivity index (χ4v) is 3.55. The average Bonchev–Trinajstić information content (AvgIpc) is 3.12. The van der Waals surface area contributed by atoms with Crippen molar-refractivity contribution < 1.29 is 19.8 Å². The second-order valence-corrected chi connectivity index (χ2v) is 6.96. The number of aromatic hydroxyl groups is 1. The summed E-state index contributed by atoms with van der Waals surface area (Å²) in [6, 6.07) is 3.33. The lowest BCUT2D eigenvalue weighted by molar-refractivity contribution is -0.143. The van der Waals surface area contributed by atoms with Crippen molar-refractivity contribution in [3.8, 4) is 5.75 Å². The Labute approximate surface area is 137 Å². The van der Waals surface area contributed by atoms with E-state index in [2.05, 4.69) is 27.9 Å². The number of rotatable bonds is 4. The number of benzene rings is 1. The molecule has 0 saturated heterocycles. The van der Waals surface area contributed by atoms with Crippen LogP contribution in [-0.2, 0) is 4.79 Å². The van der Waals surface area contributed by atoms with E-state index in [4.69, 9.17) is 5.11 Å². The molecule has 0 spiro atoms. The highest BCUT2D eigenvalue weighted by molar-refractivity contribution is 14.1. The molecule has 1 amide bonds. The van der Waals surface area contributed by atoms with Gasteiger partial charge < -0.3 is 15.5 Å². The minimum absolute atomic E-state index is 0.0707. The van der Waals surface area contributed by atoms with Gasteiger partial charge in [0.05, 0.1) is 14.5 Å². The Morgan fingerprint density at radius 3 is 2.47 bits per heavy atom. The molecule has 0 atom stereocenters. The maximum Gasteiger partial charge on any atom is 0.311 e. The number of halogens is 2. The van der Waals surface area contributed by atoms with Gasteiger partial charge in [-0.1, -0.05) is 0 Å². The fraction of sp³-hybridized carbons (Fsp3) is 0.333. The molecular formula is C12H11I2NO4. The summed E-state index contributed by atoms with van der Waals surface area (Å²) in [7, 11) is 0. The van der Waals surface area contributed by atoms with Crippen molar-refractivity contribution in [2.45, 2.75) is 12.8 Å². The van der Waals surface area contributed by atoms with Crippen LogP contribution in [0.5, 0.6) is 5.75 Å². The zero-order valence-electron chi connectivity index (χ0n) is 9.74. The van der Waals surface area contributed by atoms with Gasteiger partial charge >= 0.3 is 5.97 Å². The van der Waals surface area contributed by atoms with E-state index >= 15 is 0 Å². The van der Waals surface area contributed by atoms with Crippen molar-refractivity contribution in [1.29, 1.82) is 0 Å². The molecule has 1 aliphatic rings. The van der Waals surface area contributed by atoms with Gasteiger partial charge in [-0.05, 0) is 70.2 Å². The third-order valence-corrected chi connectivity index (χ3v) is 4.61. The Morgan fingerprint density at radius 2 is 1.95 bits per heavy atom. The summed E-state index contributed by atoms with van der Waals surface area (Å²) in [6.45, 7) is 0.0999. The van der Waals surface area contributed by atoms with Crippen LogP contribution in [0.4, 0.5) is 0 Å². The molecule has 0 aromatic heterocycles. The van der Waals surface area contributed by atoms with Gasteiger partial charge in [-0.25, -0.2) is 0 Å². The summed E-state index contributed by atoms with van der Waals surface area (Å²) < 4.78 is 1.43. The quantitative estimate of drug-likeness (QED) is 0.569. The Hall–Kier alpha value is -0.580. The van der Waals surface area contributed by atoms with E-state index in [-0.39, 0.29) is 17.9 Å². The van der Waals surface area contributed by atoms with E-state index in [1.54, 1.807) is 12.1 Å². The molecular weight excluding hydrogens is 476 g/mol. The first-order chi connectivity index (χ1) is 8.85. The smallest absolute Gasteiger partial charge is 0.311 e. The summed E-state index contributed by atoms with van der Waals surface area (Å²) in [5.41, 5.74) is -0.627. The average molecular weight is 487 g/mol. The highest BCUT2D eigenvalue weighted by Crippen LogP contribution is 2.45. The van der Waals surface area contributed by atoms with Crippen LogP contribution in [0.1, 0.15) is 23.2 Å². The molecule has 0 unspecified atom stereocenters. The summed E-state index contributed by atoms with van der Waals surface area (Å²) in [5.74, 6) is -1.39. The number of carboxylic acid groups (broad SMARTS) is 1. The first-order valence-corrected chi connectivity index (χ1v) is 7.71. The number of hydrogen-bond acceptors (Lipinski definition) is 3. The summed E-state index contributed by atoms with van der Waals surface area (Å²) >= 11 is 4.01. The number of aliphatic carboxylic acids is 1. The Bertz CT molecular complexity index is 555. The molecule has 1 aliphatic carbocycles. The Kier molecular flexibility index (Phi) is 4.23. The molecule has 5 nitrogen and oxygen atoms in total. The van der Waals surface area contributed by atoms with Crippen LogP contribution in [0.2, 0.25) is 0 Å². The van der Waals surface area contributed by atoms with E-state index in [9.17, 15) is 14.7 Å². The normalized spacial score (nSPS) is 15.9. The van der Waals surface area contributed by atoms with Crippen LogP contribution in [-0.4, -0.2) is 28.6 Å². The van der Waals surface area contributed by atoms with Crippen LogP contribution in [0, 0.1) is 12.6 Å². The first kappa shape index (κ1) is 14.8. The standard InChI is InChI=1S/C12H11I2NO4/c13-6-3-7(9(16)8(14)4-6)10(17)15-5-12(1-2-12)11(18)19/h3-4,16H,1-2,5H2,(H,15,17)(H,18,19). The lowest BCUT2D eigenvalue weighted by Gasteiger charge is -2.12. The van der Waals surface area contributed by atoms with Gasteiger partial charge in [0, 0.05) is 10.1 Å². The molecule has 1 aromatic rings. The SMILES string of the molecule is O=C(NCC1(C(=O)O)CC1)c1cc(I)cc(I)c1O. The van der Waals surface area contributed by atoms with Crippen LogP contribution in [0.25, 0.3) is 0 Å². The Balaban J connectivity index is 2.11. The van der Waals surface area contributed by atoms with Gasteiger partial charge in [0.2, 0.25) is 0 Å². The number of nitrogens with one attached hydrogen (secondary N) is 1. The molecule has 102 valence electrons. The van der Waals surface area contributed by atoms with Gasteiger partial charge in [0.25, 0.3) is 5.91 Å². The number of carboxylic acids is 1. The van der Waals surface area contributed by atoms with Crippen LogP contribution < -0.4 is 5.32 Å². The van der Waals surface area contributed by atoms with Crippen LogP contribution in [0.3, 0.4) is 0 Å².